The van der Waals surface area contributed by atoms with Crippen LogP contribution in [0, 0.1) is 0 Å². The summed E-state index contributed by atoms with van der Waals surface area (Å²) in [5.41, 5.74) is 0. The van der Waals surface area contributed by atoms with Crippen LogP contribution in [0.3, 0.4) is 0 Å². The second-order valence-electron chi connectivity index (χ2n) is 4.90. The first kappa shape index (κ1) is 21.6. The zero-order chi connectivity index (χ0) is 15.3. The Hall–Kier alpha value is -0.380. The normalized spacial score (nSPS) is 11.4. The highest BCUT2D eigenvalue weighted by molar-refractivity contribution is 14.0. The summed E-state index contributed by atoms with van der Waals surface area (Å²) in [5.74, 6) is 0.872. The van der Waals surface area contributed by atoms with Gasteiger partial charge in [-0.2, -0.15) is 0 Å². The molecule has 1 aromatic heterocycles. The largest absolute Gasteiger partial charge is 0.385 e. The molecule has 0 saturated carbocycles. The Bertz CT molecular complexity index is 387. The van der Waals surface area contributed by atoms with Gasteiger partial charge in [-0.15, -0.1) is 35.3 Å². The van der Waals surface area contributed by atoms with Gasteiger partial charge in [-0.1, -0.05) is 6.07 Å². The molecule has 0 radical (unpaired) electrons. The molecule has 0 fully saturated rings. The van der Waals surface area contributed by atoms with Crippen LogP contribution in [0.15, 0.2) is 22.5 Å². The quantitative estimate of drug-likeness (QED) is 0.253. The average molecular weight is 440 g/mol. The van der Waals surface area contributed by atoms with Gasteiger partial charge in [0.25, 0.3) is 0 Å². The predicted molar refractivity (Wildman–Crippen MR) is 107 cm³/mol. The van der Waals surface area contributed by atoms with E-state index in [-0.39, 0.29) is 24.0 Å². The Kier molecular flexibility index (Phi) is 14.0. The van der Waals surface area contributed by atoms with Crippen molar-refractivity contribution >= 4 is 41.3 Å². The van der Waals surface area contributed by atoms with Crippen LogP contribution in [0.1, 0.15) is 11.3 Å². The lowest BCUT2D eigenvalue weighted by molar-refractivity contribution is 0.180. The maximum absolute atomic E-state index is 5.06. The number of hydrogen-bond donors (Lipinski definition) is 2. The number of ether oxygens (including phenoxy) is 1. The van der Waals surface area contributed by atoms with Crippen molar-refractivity contribution in [2.45, 2.75) is 12.8 Å². The van der Waals surface area contributed by atoms with Crippen molar-refractivity contribution in [3.8, 4) is 0 Å². The fraction of sp³-hybridized carbons (Fsp3) is 0.667. The summed E-state index contributed by atoms with van der Waals surface area (Å²) >= 11 is 1.80. The molecule has 0 aliphatic rings. The lowest BCUT2D eigenvalue weighted by atomic mass is 10.3. The van der Waals surface area contributed by atoms with Gasteiger partial charge in [-0.05, 0) is 31.3 Å². The number of thiophene rings is 1. The van der Waals surface area contributed by atoms with Crippen molar-refractivity contribution < 1.29 is 4.74 Å². The van der Waals surface area contributed by atoms with Crippen LogP contribution < -0.4 is 10.6 Å². The zero-order valence-corrected chi connectivity index (χ0v) is 16.9. The Labute approximate surface area is 155 Å². The van der Waals surface area contributed by atoms with E-state index >= 15 is 0 Å². The van der Waals surface area contributed by atoms with E-state index in [0.29, 0.717) is 0 Å². The van der Waals surface area contributed by atoms with Crippen molar-refractivity contribution in [2.75, 3.05) is 54.0 Å². The molecule has 2 N–H and O–H groups in total. The molecule has 5 nitrogen and oxygen atoms in total. The number of halogens is 1. The van der Waals surface area contributed by atoms with Crippen LogP contribution >= 0.6 is 35.3 Å². The van der Waals surface area contributed by atoms with Crippen molar-refractivity contribution in [2.24, 2.45) is 4.99 Å². The molecule has 0 spiro atoms. The number of hydrogen-bond acceptors (Lipinski definition) is 4. The molecule has 0 aliphatic carbocycles. The summed E-state index contributed by atoms with van der Waals surface area (Å²) in [4.78, 5) is 7.93. The van der Waals surface area contributed by atoms with Gasteiger partial charge < -0.3 is 20.3 Å². The topological polar surface area (TPSA) is 48.9 Å². The highest BCUT2D eigenvalue weighted by Gasteiger charge is 2.01. The summed E-state index contributed by atoms with van der Waals surface area (Å²) in [6.07, 6.45) is 2.11. The number of methoxy groups -OCH3 is 1. The van der Waals surface area contributed by atoms with Gasteiger partial charge in [0.1, 0.15) is 0 Å². The molecule has 0 aliphatic heterocycles. The average Bonchev–Trinajstić information content (AvgIpc) is 2.99. The molecule has 1 rings (SSSR count). The Morgan fingerprint density at radius 3 is 2.73 bits per heavy atom. The monoisotopic (exact) mass is 440 g/mol. The second kappa shape index (κ2) is 14.2. The van der Waals surface area contributed by atoms with Crippen molar-refractivity contribution in [1.82, 2.24) is 15.5 Å². The first-order valence-electron chi connectivity index (χ1n) is 7.40. The van der Waals surface area contributed by atoms with Crippen molar-refractivity contribution in [3.05, 3.63) is 22.4 Å². The molecule has 0 saturated heterocycles. The van der Waals surface area contributed by atoms with Crippen molar-refractivity contribution in [1.29, 1.82) is 0 Å². The predicted octanol–water partition coefficient (Wildman–Crippen LogP) is 2.04. The highest BCUT2D eigenvalue weighted by Crippen LogP contribution is 2.07. The van der Waals surface area contributed by atoms with Gasteiger partial charge >= 0.3 is 0 Å². The van der Waals surface area contributed by atoms with Crippen LogP contribution in [-0.4, -0.2) is 64.9 Å². The fourth-order valence-electron chi connectivity index (χ4n) is 1.94. The summed E-state index contributed by atoms with van der Waals surface area (Å²) < 4.78 is 5.06. The molecule has 22 heavy (non-hydrogen) atoms. The molecule has 1 heterocycles. The number of nitrogens with one attached hydrogen (secondary N) is 2. The van der Waals surface area contributed by atoms with Gasteiger partial charge in [0.2, 0.25) is 0 Å². The van der Waals surface area contributed by atoms with E-state index in [1.165, 1.54) is 4.88 Å². The molecule has 0 bridgehead atoms. The number of nitrogens with zero attached hydrogens (tertiary/aromatic N) is 2. The van der Waals surface area contributed by atoms with E-state index in [9.17, 15) is 0 Å². The molecular formula is C15H29IN4OS. The van der Waals surface area contributed by atoms with Crippen LogP contribution in [-0.2, 0) is 11.2 Å². The minimum absolute atomic E-state index is 0. The summed E-state index contributed by atoms with van der Waals surface area (Å²) in [5, 5.41) is 8.79. The maximum atomic E-state index is 5.06. The number of rotatable bonds is 10. The second-order valence-corrected chi connectivity index (χ2v) is 5.94. The van der Waals surface area contributed by atoms with Gasteiger partial charge in [-0.3, -0.25) is 4.99 Å². The molecule has 0 amide bonds. The van der Waals surface area contributed by atoms with E-state index in [2.05, 4.69) is 45.1 Å². The summed E-state index contributed by atoms with van der Waals surface area (Å²) in [6.45, 7) is 4.67. The fourth-order valence-corrected chi connectivity index (χ4v) is 2.64. The van der Waals surface area contributed by atoms with Gasteiger partial charge in [-0.25, -0.2) is 0 Å². The number of aliphatic imine (C=N–C) groups is 1. The minimum Gasteiger partial charge on any atom is -0.385 e. The third-order valence-corrected chi connectivity index (χ3v) is 4.08. The SMILES string of the molecule is CN=C(NCCc1cccs1)NCCN(C)CCCOC.I. The van der Waals surface area contributed by atoms with E-state index in [0.717, 1.165) is 51.6 Å². The van der Waals surface area contributed by atoms with E-state index in [4.69, 9.17) is 4.74 Å². The standard InChI is InChI=1S/C15H28N4OS.HI/c1-16-15(17-8-7-14-6-4-13-21-14)18-9-11-19(2)10-5-12-20-3;/h4,6,13H,5,7-12H2,1-3H3,(H2,16,17,18);1H. The Morgan fingerprint density at radius 1 is 1.32 bits per heavy atom. The van der Waals surface area contributed by atoms with Crippen LogP contribution in [0.5, 0.6) is 0 Å². The molecule has 128 valence electrons. The first-order chi connectivity index (χ1) is 10.3. The van der Waals surface area contributed by atoms with E-state index in [1.54, 1.807) is 18.4 Å². The third-order valence-electron chi connectivity index (χ3n) is 3.14. The molecule has 0 aromatic carbocycles. The molecule has 1 aromatic rings. The summed E-state index contributed by atoms with van der Waals surface area (Å²) in [7, 11) is 5.68. The van der Waals surface area contributed by atoms with Gasteiger partial charge in [0.15, 0.2) is 5.96 Å². The Morgan fingerprint density at radius 2 is 2.09 bits per heavy atom. The molecule has 0 unspecified atom stereocenters. The van der Waals surface area contributed by atoms with Crippen LogP contribution in [0.4, 0.5) is 0 Å². The highest BCUT2D eigenvalue weighted by atomic mass is 127. The molecule has 7 heteroatoms. The Balaban J connectivity index is 0.00000441. The first-order valence-corrected chi connectivity index (χ1v) is 8.28. The number of likely N-dealkylation sites (N-methyl/N-ethyl adjacent to an activating group) is 1. The van der Waals surface area contributed by atoms with Crippen LogP contribution in [0.2, 0.25) is 0 Å². The summed E-state index contributed by atoms with van der Waals surface area (Å²) in [6, 6.07) is 4.25. The maximum Gasteiger partial charge on any atom is 0.191 e. The molecule has 0 atom stereocenters. The number of guanidine groups is 1. The van der Waals surface area contributed by atoms with Gasteiger partial charge in [0, 0.05) is 51.8 Å². The van der Waals surface area contributed by atoms with Crippen LogP contribution in [0.25, 0.3) is 0 Å². The van der Waals surface area contributed by atoms with E-state index < -0.39 is 0 Å². The van der Waals surface area contributed by atoms with Crippen molar-refractivity contribution in [3.63, 3.8) is 0 Å². The molecular weight excluding hydrogens is 411 g/mol. The minimum atomic E-state index is 0. The zero-order valence-electron chi connectivity index (χ0n) is 13.8. The smallest absolute Gasteiger partial charge is 0.191 e. The van der Waals surface area contributed by atoms with E-state index in [1.807, 2.05) is 7.05 Å². The lowest BCUT2D eigenvalue weighted by Crippen LogP contribution is -2.41. The third kappa shape index (κ3) is 10.4. The van der Waals surface area contributed by atoms with Gasteiger partial charge in [0.05, 0.1) is 0 Å². The lowest BCUT2D eigenvalue weighted by Gasteiger charge is -2.18.